The first-order valence-electron chi connectivity index (χ1n) is 5.50. The second kappa shape index (κ2) is 3.99. The van der Waals surface area contributed by atoms with E-state index in [4.69, 9.17) is 0 Å². The van der Waals surface area contributed by atoms with Crippen molar-refractivity contribution in [2.24, 2.45) is 0 Å². The van der Waals surface area contributed by atoms with Crippen molar-refractivity contribution in [2.75, 3.05) is 0 Å². The average molecular weight is 255 g/mol. The molecule has 0 spiro atoms. The van der Waals surface area contributed by atoms with Crippen LogP contribution < -0.4 is 5.43 Å². The van der Waals surface area contributed by atoms with Crippen molar-refractivity contribution in [3.05, 3.63) is 52.2 Å². The summed E-state index contributed by atoms with van der Waals surface area (Å²) in [6, 6.07) is 10.8. The molecule has 18 heavy (non-hydrogen) atoms. The highest BCUT2D eigenvalue weighted by molar-refractivity contribution is 7.21. The van der Waals surface area contributed by atoms with Crippen LogP contribution in [-0.2, 0) is 0 Å². The van der Waals surface area contributed by atoms with Crippen LogP contribution >= 0.6 is 11.3 Å². The Morgan fingerprint density at radius 1 is 1.17 bits per heavy atom. The van der Waals surface area contributed by atoms with Gasteiger partial charge in [0.15, 0.2) is 11.2 Å². The molecule has 88 valence electrons. The van der Waals surface area contributed by atoms with Crippen LogP contribution in [0.15, 0.2) is 41.2 Å². The van der Waals surface area contributed by atoms with Gasteiger partial charge in [-0.3, -0.25) is 9.59 Å². The van der Waals surface area contributed by atoms with Crippen LogP contribution in [0, 0.1) is 0 Å². The van der Waals surface area contributed by atoms with Gasteiger partial charge in [0, 0.05) is 0 Å². The summed E-state index contributed by atoms with van der Waals surface area (Å²) in [5.74, 6) is -0.209. The van der Waals surface area contributed by atoms with Gasteiger partial charge in [-0.25, -0.2) is 4.98 Å². The molecule has 0 amide bonds. The molecular weight excluding hydrogens is 246 g/mol. The van der Waals surface area contributed by atoms with Gasteiger partial charge in [-0.05, 0) is 31.2 Å². The zero-order chi connectivity index (χ0) is 12.7. The summed E-state index contributed by atoms with van der Waals surface area (Å²) >= 11 is 1.44. The molecule has 0 unspecified atom stereocenters. The summed E-state index contributed by atoms with van der Waals surface area (Å²) in [6.07, 6.45) is 0. The van der Waals surface area contributed by atoms with Crippen molar-refractivity contribution in [1.82, 2.24) is 4.98 Å². The summed E-state index contributed by atoms with van der Waals surface area (Å²) in [6.45, 7) is 1.41. The highest BCUT2D eigenvalue weighted by Crippen LogP contribution is 2.31. The van der Waals surface area contributed by atoms with Crippen LogP contribution in [0.4, 0.5) is 0 Å². The van der Waals surface area contributed by atoms with Gasteiger partial charge in [-0.2, -0.15) is 0 Å². The molecule has 0 saturated carbocycles. The summed E-state index contributed by atoms with van der Waals surface area (Å²) < 4.78 is 0.970. The molecule has 4 heteroatoms. The number of carbonyl (C=O) groups is 1. The number of fused-ring (bicyclic) bond motifs is 2. The standard InChI is InChI=1S/C14H9NO2S/c1-8(16)13-11(17)7-6-10-14(13)18-12-5-3-2-4-9(12)15-10/h2-7H,1H3. The number of hydrogen-bond donors (Lipinski definition) is 0. The Kier molecular flexibility index (Phi) is 2.45. The normalized spacial score (nSPS) is 10.9. The zero-order valence-electron chi connectivity index (χ0n) is 9.64. The lowest BCUT2D eigenvalue weighted by Gasteiger charge is -2.08. The van der Waals surface area contributed by atoms with Crippen LogP contribution in [0.25, 0.3) is 20.8 Å². The summed E-state index contributed by atoms with van der Waals surface area (Å²) in [7, 11) is 0. The maximum absolute atomic E-state index is 11.8. The molecule has 1 heterocycles. The Bertz CT molecular complexity index is 791. The molecule has 3 rings (SSSR count). The third-order valence-electron chi connectivity index (χ3n) is 2.77. The lowest BCUT2D eigenvalue weighted by molar-refractivity contribution is 0.101. The number of ketones is 1. The fourth-order valence-electron chi connectivity index (χ4n) is 1.95. The first kappa shape index (κ1) is 11.0. The molecule has 0 aromatic heterocycles. The number of Topliss-reactive ketones (excluding diaryl/α,β-unsaturated/α-hetero) is 1. The molecule has 1 aromatic carbocycles. The van der Waals surface area contributed by atoms with Crippen molar-refractivity contribution in [1.29, 1.82) is 0 Å². The maximum atomic E-state index is 11.8. The monoisotopic (exact) mass is 255 g/mol. The third-order valence-corrected chi connectivity index (χ3v) is 3.95. The first-order valence-corrected chi connectivity index (χ1v) is 6.32. The predicted octanol–water partition coefficient (Wildman–Crippen LogP) is 2.96. The Labute approximate surface area is 107 Å². The van der Waals surface area contributed by atoms with E-state index < -0.39 is 0 Å². The largest absolute Gasteiger partial charge is 0.294 e. The summed E-state index contributed by atoms with van der Waals surface area (Å²) in [5, 5.41) is 0. The Balaban J connectivity index is 2.50. The molecule has 0 N–H and O–H groups in total. The molecule has 0 atom stereocenters. The number of benzene rings is 2. The van der Waals surface area contributed by atoms with E-state index in [2.05, 4.69) is 4.98 Å². The highest BCUT2D eigenvalue weighted by Gasteiger charge is 2.17. The third kappa shape index (κ3) is 1.62. The van der Waals surface area contributed by atoms with Crippen LogP contribution in [-0.4, -0.2) is 10.8 Å². The fourth-order valence-corrected chi connectivity index (χ4v) is 3.10. The average Bonchev–Trinajstić information content (AvgIpc) is 2.36. The minimum Gasteiger partial charge on any atom is -0.294 e. The predicted molar refractivity (Wildman–Crippen MR) is 72.5 cm³/mol. The molecule has 2 aliphatic rings. The minimum atomic E-state index is -0.233. The van der Waals surface area contributed by atoms with E-state index in [1.54, 1.807) is 6.07 Å². The van der Waals surface area contributed by atoms with Gasteiger partial charge in [-0.15, -0.1) is 11.3 Å². The Morgan fingerprint density at radius 2 is 1.94 bits per heavy atom. The van der Waals surface area contributed by atoms with Gasteiger partial charge >= 0.3 is 0 Å². The van der Waals surface area contributed by atoms with E-state index in [-0.39, 0.29) is 16.8 Å². The topological polar surface area (TPSA) is 47.0 Å². The molecule has 3 nitrogen and oxygen atoms in total. The van der Waals surface area contributed by atoms with E-state index in [9.17, 15) is 9.59 Å². The highest BCUT2D eigenvalue weighted by atomic mass is 32.1. The van der Waals surface area contributed by atoms with Crippen LogP contribution in [0.5, 0.6) is 0 Å². The quantitative estimate of drug-likeness (QED) is 0.496. The van der Waals surface area contributed by atoms with Crippen molar-refractivity contribution < 1.29 is 4.79 Å². The number of hydrogen-bond acceptors (Lipinski definition) is 4. The molecule has 1 aromatic rings. The molecule has 0 radical (unpaired) electrons. The Hall–Kier alpha value is -2.07. The van der Waals surface area contributed by atoms with E-state index in [0.717, 1.165) is 10.2 Å². The van der Waals surface area contributed by atoms with Crippen LogP contribution in [0.1, 0.15) is 17.3 Å². The number of carbonyl (C=O) groups excluding carboxylic acids is 1. The van der Waals surface area contributed by atoms with E-state index in [1.807, 2.05) is 24.3 Å². The molecule has 1 aliphatic heterocycles. The molecule has 0 bridgehead atoms. The van der Waals surface area contributed by atoms with Crippen LogP contribution in [0.2, 0.25) is 0 Å². The molecule has 0 fully saturated rings. The van der Waals surface area contributed by atoms with Gasteiger partial charge < -0.3 is 0 Å². The minimum absolute atomic E-state index is 0.209. The van der Waals surface area contributed by atoms with Crippen molar-refractivity contribution in [3.63, 3.8) is 0 Å². The second-order valence-corrected chi connectivity index (χ2v) is 5.08. The van der Waals surface area contributed by atoms with Gasteiger partial charge in [-0.1, -0.05) is 12.1 Å². The van der Waals surface area contributed by atoms with E-state index in [0.29, 0.717) is 10.6 Å². The second-order valence-electron chi connectivity index (χ2n) is 4.02. The van der Waals surface area contributed by atoms with Gasteiger partial charge in [0.25, 0.3) is 0 Å². The smallest absolute Gasteiger partial charge is 0.190 e. The fraction of sp³-hybridized carbons (Fsp3) is 0.0714. The van der Waals surface area contributed by atoms with E-state index in [1.165, 1.54) is 24.3 Å². The SMILES string of the molecule is CC(=O)c1c2sc3ccccc3nc-2ccc1=O. The maximum Gasteiger partial charge on any atom is 0.190 e. The lowest BCUT2D eigenvalue weighted by atomic mass is 10.1. The Morgan fingerprint density at radius 3 is 2.72 bits per heavy atom. The molecular formula is C14H9NO2S. The van der Waals surface area contributed by atoms with Crippen molar-refractivity contribution in [3.8, 4) is 10.6 Å². The zero-order valence-corrected chi connectivity index (χ0v) is 10.5. The first-order chi connectivity index (χ1) is 8.66. The number of nitrogens with zero attached hydrogens (tertiary/aromatic N) is 1. The van der Waals surface area contributed by atoms with Gasteiger partial charge in [0.1, 0.15) is 0 Å². The summed E-state index contributed by atoms with van der Waals surface area (Å²) in [4.78, 5) is 28.5. The van der Waals surface area contributed by atoms with Gasteiger partial charge in [0.05, 0.1) is 26.4 Å². The number of para-hydroxylation sites is 1. The number of rotatable bonds is 1. The van der Waals surface area contributed by atoms with Gasteiger partial charge in [0.2, 0.25) is 0 Å². The number of aromatic nitrogens is 1. The van der Waals surface area contributed by atoms with Crippen LogP contribution in [0.3, 0.4) is 0 Å². The summed E-state index contributed by atoms with van der Waals surface area (Å²) in [5.41, 5.74) is 1.59. The molecule has 1 aliphatic carbocycles. The van der Waals surface area contributed by atoms with Crippen molar-refractivity contribution in [2.45, 2.75) is 6.92 Å². The van der Waals surface area contributed by atoms with E-state index >= 15 is 0 Å². The molecule has 0 saturated heterocycles. The van der Waals surface area contributed by atoms with Crippen molar-refractivity contribution >= 4 is 27.3 Å². The lowest BCUT2D eigenvalue weighted by Crippen LogP contribution is -2.13.